The van der Waals surface area contributed by atoms with Crippen molar-refractivity contribution in [2.45, 2.75) is 12.8 Å². The van der Waals surface area contributed by atoms with Gasteiger partial charge in [-0.2, -0.15) is 5.26 Å². The highest BCUT2D eigenvalue weighted by molar-refractivity contribution is 8.03. The first-order valence-corrected chi connectivity index (χ1v) is 10.3. The van der Waals surface area contributed by atoms with Crippen molar-refractivity contribution in [2.75, 3.05) is 12.9 Å². The largest absolute Gasteiger partial charge is 0.468 e. The lowest BCUT2D eigenvalue weighted by Gasteiger charge is -2.31. The van der Waals surface area contributed by atoms with Gasteiger partial charge in [-0.05, 0) is 12.5 Å². The van der Waals surface area contributed by atoms with Crippen LogP contribution < -0.4 is 5.32 Å². The van der Waals surface area contributed by atoms with Gasteiger partial charge in [0.1, 0.15) is 5.92 Å². The molecule has 1 N–H and O–H groups in total. The lowest BCUT2D eigenvalue weighted by atomic mass is 9.78. The number of ketones is 1. The molecule has 30 heavy (non-hydrogen) atoms. The third-order valence-electron chi connectivity index (χ3n) is 4.86. The second kappa shape index (κ2) is 9.42. The highest BCUT2D eigenvalue weighted by atomic mass is 32.2. The summed E-state index contributed by atoms with van der Waals surface area (Å²) in [5.74, 6) is -3.31. The molecule has 2 aromatic rings. The van der Waals surface area contributed by atoms with Gasteiger partial charge in [-0.1, -0.05) is 71.9 Å². The van der Waals surface area contributed by atoms with Gasteiger partial charge in [0.2, 0.25) is 5.91 Å². The Morgan fingerprint density at radius 1 is 1.13 bits per heavy atom. The molecule has 0 saturated carbocycles. The minimum atomic E-state index is -1.18. The molecule has 0 saturated heterocycles. The molecule has 7 heteroatoms. The number of methoxy groups -OCH3 is 1. The van der Waals surface area contributed by atoms with Crippen molar-refractivity contribution in [1.29, 1.82) is 5.26 Å². The maximum absolute atomic E-state index is 12.8. The molecule has 0 fully saturated rings. The summed E-state index contributed by atoms with van der Waals surface area (Å²) in [7, 11) is 1.21. The topological polar surface area (TPSA) is 96.3 Å². The fourth-order valence-corrected chi connectivity index (χ4v) is 4.24. The van der Waals surface area contributed by atoms with Gasteiger partial charge in [-0.15, -0.1) is 0 Å². The standard InChI is InChI=1S/C23H20N2O4S/c1-14-8-10-16(11-9-14)19-17(12-24)22(25-21(27)20(19)23(28)29-2)30-13-18(26)15-6-4-3-5-7-15/h3-11,19-20H,13H2,1-2H3,(H,25,27)/t19-,20-/m1/s1. The molecule has 1 aliphatic rings. The lowest BCUT2D eigenvalue weighted by Crippen LogP contribution is -2.44. The zero-order valence-corrected chi connectivity index (χ0v) is 17.4. The highest BCUT2D eigenvalue weighted by Crippen LogP contribution is 2.40. The predicted octanol–water partition coefficient (Wildman–Crippen LogP) is 3.35. The summed E-state index contributed by atoms with van der Waals surface area (Å²) in [4.78, 5) is 37.6. The van der Waals surface area contributed by atoms with E-state index in [2.05, 4.69) is 11.4 Å². The number of aryl methyl sites for hydroxylation is 1. The molecule has 0 aliphatic carbocycles. The van der Waals surface area contributed by atoms with Gasteiger partial charge >= 0.3 is 5.97 Å². The number of hydrogen-bond donors (Lipinski definition) is 1. The number of nitrogens with one attached hydrogen (secondary N) is 1. The molecule has 1 aliphatic heterocycles. The Morgan fingerprint density at radius 2 is 1.80 bits per heavy atom. The highest BCUT2D eigenvalue weighted by Gasteiger charge is 2.44. The van der Waals surface area contributed by atoms with E-state index < -0.39 is 23.7 Å². The SMILES string of the molecule is COC(=O)[C@H]1C(=O)NC(SCC(=O)c2ccccc2)=C(C#N)[C@H]1c1ccc(C)cc1. The van der Waals surface area contributed by atoms with Crippen molar-refractivity contribution in [2.24, 2.45) is 5.92 Å². The maximum Gasteiger partial charge on any atom is 0.319 e. The minimum absolute atomic E-state index is 0.0499. The first-order valence-electron chi connectivity index (χ1n) is 9.26. The van der Waals surface area contributed by atoms with E-state index in [1.807, 2.05) is 25.1 Å². The number of hydrogen-bond acceptors (Lipinski definition) is 6. The number of rotatable bonds is 6. The van der Waals surface area contributed by atoms with Crippen LogP contribution in [0.4, 0.5) is 0 Å². The normalized spacial score (nSPS) is 18.4. The average molecular weight is 420 g/mol. The molecule has 0 unspecified atom stereocenters. The number of Topliss-reactive ketones (excluding diaryl/α,β-unsaturated/α-hetero) is 1. The van der Waals surface area contributed by atoms with Crippen molar-refractivity contribution >= 4 is 29.4 Å². The van der Waals surface area contributed by atoms with Gasteiger partial charge in [0.15, 0.2) is 5.78 Å². The second-order valence-corrected chi connectivity index (χ2v) is 7.80. The van der Waals surface area contributed by atoms with E-state index in [0.29, 0.717) is 11.1 Å². The quantitative estimate of drug-likeness (QED) is 0.437. The maximum atomic E-state index is 12.8. The number of carbonyl (C=O) groups is 3. The molecule has 2 aromatic carbocycles. The first-order chi connectivity index (χ1) is 14.5. The fraction of sp³-hybridized carbons (Fsp3) is 0.217. The predicted molar refractivity (Wildman–Crippen MR) is 113 cm³/mol. The van der Waals surface area contributed by atoms with E-state index in [0.717, 1.165) is 17.3 Å². The van der Waals surface area contributed by atoms with Gasteiger partial charge in [0.05, 0.1) is 29.5 Å². The Hall–Kier alpha value is -3.37. The van der Waals surface area contributed by atoms with Crippen molar-refractivity contribution in [3.05, 3.63) is 81.9 Å². The van der Waals surface area contributed by atoms with Crippen LogP contribution in [0.25, 0.3) is 0 Å². The fourth-order valence-electron chi connectivity index (χ4n) is 3.30. The van der Waals surface area contributed by atoms with Gasteiger partial charge in [-0.3, -0.25) is 14.4 Å². The zero-order chi connectivity index (χ0) is 21.7. The van der Waals surface area contributed by atoms with Gasteiger partial charge in [0.25, 0.3) is 0 Å². The Kier molecular flexibility index (Phi) is 6.70. The second-order valence-electron chi connectivity index (χ2n) is 6.81. The number of benzene rings is 2. The van der Waals surface area contributed by atoms with Crippen LogP contribution in [0.3, 0.4) is 0 Å². The molecule has 1 heterocycles. The average Bonchev–Trinajstić information content (AvgIpc) is 2.77. The molecule has 6 nitrogen and oxygen atoms in total. The van der Waals surface area contributed by atoms with E-state index in [1.165, 1.54) is 7.11 Å². The van der Waals surface area contributed by atoms with Crippen molar-refractivity contribution in [3.63, 3.8) is 0 Å². The Balaban J connectivity index is 1.97. The molecule has 152 valence electrons. The van der Waals surface area contributed by atoms with Crippen LogP contribution in [0, 0.1) is 24.2 Å². The summed E-state index contributed by atoms with van der Waals surface area (Å²) < 4.78 is 4.83. The van der Waals surface area contributed by atoms with Crippen LogP contribution >= 0.6 is 11.8 Å². The smallest absolute Gasteiger partial charge is 0.319 e. The van der Waals surface area contributed by atoms with E-state index in [4.69, 9.17) is 4.74 Å². The molecule has 0 bridgehead atoms. The third-order valence-corrected chi connectivity index (χ3v) is 5.88. The van der Waals surface area contributed by atoms with Gasteiger partial charge in [0, 0.05) is 11.5 Å². The number of allylic oxidation sites excluding steroid dienone is 1. The minimum Gasteiger partial charge on any atom is -0.468 e. The zero-order valence-electron chi connectivity index (χ0n) is 16.5. The van der Waals surface area contributed by atoms with Crippen LogP contribution in [0.5, 0.6) is 0 Å². The van der Waals surface area contributed by atoms with Crippen LogP contribution in [0.15, 0.2) is 65.2 Å². The summed E-state index contributed by atoms with van der Waals surface area (Å²) in [6, 6.07) is 18.2. The molecule has 0 aromatic heterocycles. The van der Waals surface area contributed by atoms with Crippen LogP contribution in [-0.2, 0) is 14.3 Å². The summed E-state index contributed by atoms with van der Waals surface area (Å²) in [6.07, 6.45) is 0. The molecule has 1 amide bonds. The number of thioether (sulfide) groups is 1. The summed E-state index contributed by atoms with van der Waals surface area (Å²) in [6.45, 7) is 1.92. The van der Waals surface area contributed by atoms with Gasteiger partial charge in [-0.25, -0.2) is 0 Å². The Labute approximate surface area is 178 Å². The Morgan fingerprint density at radius 3 is 2.40 bits per heavy atom. The van der Waals surface area contributed by atoms with E-state index in [9.17, 15) is 19.6 Å². The molecule has 2 atom stereocenters. The van der Waals surface area contributed by atoms with Gasteiger partial charge < -0.3 is 10.1 Å². The summed E-state index contributed by atoms with van der Waals surface area (Å²) in [5, 5.41) is 12.8. The number of ether oxygens (including phenoxy) is 1. The number of nitriles is 1. The van der Waals surface area contributed by atoms with Crippen molar-refractivity contribution in [3.8, 4) is 6.07 Å². The number of amides is 1. The van der Waals surface area contributed by atoms with E-state index in [-0.39, 0.29) is 22.1 Å². The van der Waals surface area contributed by atoms with Crippen molar-refractivity contribution < 1.29 is 19.1 Å². The molecule has 0 spiro atoms. The van der Waals surface area contributed by atoms with Crippen molar-refractivity contribution in [1.82, 2.24) is 5.32 Å². The molecule has 3 rings (SSSR count). The van der Waals surface area contributed by atoms with Crippen LogP contribution in [0.1, 0.15) is 27.4 Å². The summed E-state index contributed by atoms with van der Waals surface area (Å²) in [5.41, 5.74) is 2.46. The van der Waals surface area contributed by atoms with Crippen LogP contribution in [-0.4, -0.2) is 30.5 Å². The third kappa shape index (κ3) is 4.44. The lowest BCUT2D eigenvalue weighted by molar-refractivity contribution is -0.150. The Bertz CT molecular complexity index is 1040. The monoisotopic (exact) mass is 420 g/mol. The van der Waals surface area contributed by atoms with Crippen LogP contribution in [0.2, 0.25) is 0 Å². The molecular formula is C23H20N2O4S. The van der Waals surface area contributed by atoms with E-state index in [1.54, 1.807) is 36.4 Å². The van der Waals surface area contributed by atoms with E-state index >= 15 is 0 Å². The first kappa shape index (κ1) is 21.3. The molecular weight excluding hydrogens is 400 g/mol. The number of esters is 1. The number of carbonyl (C=O) groups excluding carboxylic acids is 3. The molecule has 0 radical (unpaired) electrons. The number of nitrogens with zero attached hydrogens (tertiary/aromatic N) is 1. The summed E-state index contributed by atoms with van der Waals surface area (Å²) >= 11 is 1.08.